The van der Waals surface area contributed by atoms with Gasteiger partial charge in [-0.1, -0.05) is 55.5 Å². The highest BCUT2D eigenvalue weighted by molar-refractivity contribution is 5.80. The molecule has 1 unspecified atom stereocenters. The number of ether oxygens (including phenoxy) is 1. The van der Waals surface area contributed by atoms with Crippen LogP contribution in [0.3, 0.4) is 0 Å². The summed E-state index contributed by atoms with van der Waals surface area (Å²) in [6.07, 6.45) is 0.0108. The fourth-order valence-electron chi connectivity index (χ4n) is 4.13. The van der Waals surface area contributed by atoms with Gasteiger partial charge in [0.05, 0.1) is 6.42 Å². The minimum absolute atomic E-state index is 0.0264. The molecule has 0 heterocycles. The van der Waals surface area contributed by atoms with Crippen molar-refractivity contribution in [2.24, 2.45) is 0 Å². The first kappa shape index (κ1) is 23.3. The molecule has 170 valence electrons. The van der Waals surface area contributed by atoms with Gasteiger partial charge in [-0.05, 0) is 35.6 Å². The highest BCUT2D eigenvalue weighted by atomic mass is 16.5. The number of carboxylic acid groups (broad SMARTS) is 1. The topological polar surface area (TPSA) is 95.9 Å². The molecule has 2 N–H and O–H groups in total. The molecule has 1 atom stereocenters. The second kappa shape index (κ2) is 10.8. The van der Waals surface area contributed by atoms with E-state index in [1.165, 1.54) is 4.90 Å². The van der Waals surface area contributed by atoms with E-state index in [0.717, 1.165) is 22.3 Å². The largest absolute Gasteiger partial charge is 0.481 e. The van der Waals surface area contributed by atoms with Crippen LogP contribution >= 0.6 is 0 Å². The number of aliphatic carboxylic acids is 1. The first-order valence-corrected chi connectivity index (χ1v) is 11.1. The van der Waals surface area contributed by atoms with E-state index in [-0.39, 0.29) is 43.9 Å². The van der Waals surface area contributed by atoms with E-state index in [1.807, 2.05) is 31.2 Å². The first-order valence-electron chi connectivity index (χ1n) is 11.1. The van der Waals surface area contributed by atoms with Crippen molar-refractivity contribution in [2.75, 3.05) is 19.7 Å². The number of hydrogen-bond donors (Lipinski definition) is 2. The lowest BCUT2D eigenvalue weighted by Crippen LogP contribution is -2.41. The van der Waals surface area contributed by atoms with Gasteiger partial charge in [0.15, 0.2) is 0 Å². The summed E-state index contributed by atoms with van der Waals surface area (Å²) in [6.45, 7) is 4.48. The average molecular weight is 439 g/mol. The Hall–Kier alpha value is -3.35. The Balaban J connectivity index is 1.57. The highest BCUT2D eigenvalue weighted by Gasteiger charge is 2.29. The number of alkyl carbamates (subject to hydrolysis) is 1. The van der Waals surface area contributed by atoms with Gasteiger partial charge in [0.1, 0.15) is 6.61 Å². The monoisotopic (exact) mass is 438 g/mol. The molecule has 0 fully saturated rings. The molecule has 0 radical (unpaired) electrons. The summed E-state index contributed by atoms with van der Waals surface area (Å²) >= 11 is 0. The Kier molecular flexibility index (Phi) is 7.87. The Morgan fingerprint density at radius 1 is 1.03 bits per heavy atom. The maximum atomic E-state index is 12.5. The van der Waals surface area contributed by atoms with Crippen molar-refractivity contribution in [3.8, 4) is 11.1 Å². The summed E-state index contributed by atoms with van der Waals surface area (Å²) in [7, 11) is 0. The zero-order valence-corrected chi connectivity index (χ0v) is 18.5. The third-order valence-corrected chi connectivity index (χ3v) is 5.91. The van der Waals surface area contributed by atoms with E-state index in [2.05, 4.69) is 29.6 Å². The maximum absolute atomic E-state index is 12.5. The Labute approximate surface area is 188 Å². The second-order valence-electron chi connectivity index (χ2n) is 7.90. The molecule has 1 aliphatic carbocycles. The van der Waals surface area contributed by atoms with Gasteiger partial charge in [-0.15, -0.1) is 0 Å². The third-order valence-electron chi connectivity index (χ3n) is 5.91. The van der Waals surface area contributed by atoms with E-state index in [1.54, 1.807) is 6.92 Å². The van der Waals surface area contributed by atoms with E-state index in [0.29, 0.717) is 13.0 Å². The van der Waals surface area contributed by atoms with E-state index >= 15 is 0 Å². The lowest BCUT2D eigenvalue weighted by atomic mass is 9.98. The summed E-state index contributed by atoms with van der Waals surface area (Å²) in [5.74, 6) is -1.15. The number of amides is 2. The predicted molar refractivity (Wildman–Crippen MR) is 121 cm³/mol. The van der Waals surface area contributed by atoms with Crippen LogP contribution in [0, 0.1) is 0 Å². The zero-order chi connectivity index (χ0) is 23.1. The quantitative estimate of drug-likeness (QED) is 0.584. The highest BCUT2D eigenvalue weighted by Crippen LogP contribution is 2.44. The number of benzene rings is 2. The van der Waals surface area contributed by atoms with Gasteiger partial charge in [0, 0.05) is 31.5 Å². The van der Waals surface area contributed by atoms with Gasteiger partial charge >= 0.3 is 12.1 Å². The van der Waals surface area contributed by atoms with Crippen molar-refractivity contribution in [3.05, 3.63) is 59.7 Å². The molecule has 0 saturated carbocycles. The van der Waals surface area contributed by atoms with Crippen molar-refractivity contribution in [1.82, 2.24) is 10.2 Å². The van der Waals surface area contributed by atoms with E-state index in [9.17, 15) is 14.4 Å². The Bertz CT molecular complexity index is 929. The standard InChI is InChI=1S/C25H30N2O5/c1-3-17(15-23(28)27(4-2)14-13-24(29)30)26-25(31)32-16-22-20-11-7-5-9-18(20)19-10-6-8-12-21(19)22/h5-12,17,22H,3-4,13-16H2,1-2H3,(H,26,31)(H,29,30). The summed E-state index contributed by atoms with van der Waals surface area (Å²) in [4.78, 5) is 37.3. The molecule has 2 aromatic carbocycles. The number of fused-ring (bicyclic) bond motifs is 3. The molecule has 0 aromatic heterocycles. The van der Waals surface area contributed by atoms with Gasteiger partial charge in [-0.25, -0.2) is 4.79 Å². The van der Waals surface area contributed by atoms with Crippen LogP contribution in [0.1, 0.15) is 50.2 Å². The number of carboxylic acids is 1. The number of rotatable bonds is 10. The Morgan fingerprint density at radius 3 is 2.16 bits per heavy atom. The number of carbonyl (C=O) groups is 3. The number of carbonyl (C=O) groups excluding carboxylic acids is 2. The molecule has 2 aromatic rings. The minimum atomic E-state index is -0.944. The van der Waals surface area contributed by atoms with E-state index in [4.69, 9.17) is 9.84 Å². The number of nitrogens with one attached hydrogen (secondary N) is 1. The van der Waals surface area contributed by atoms with Crippen molar-refractivity contribution in [3.63, 3.8) is 0 Å². The van der Waals surface area contributed by atoms with Crippen molar-refractivity contribution < 1.29 is 24.2 Å². The van der Waals surface area contributed by atoms with E-state index < -0.39 is 12.1 Å². The van der Waals surface area contributed by atoms with Crippen LogP contribution in [-0.2, 0) is 14.3 Å². The summed E-state index contributed by atoms with van der Waals surface area (Å²) in [5, 5.41) is 11.6. The molecule has 7 nitrogen and oxygen atoms in total. The molecule has 32 heavy (non-hydrogen) atoms. The first-order chi connectivity index (χ1) is 15.4. The number of nitrogens with zero attached hydrogens (tertiary/aromatic N) is 1. The van der Waals surface area contributed by atoms with Gasteiger partial charge in [-0.3, -0.25) is 9.59 Å². The van der Waals surface area contributed by atoms with Crippen LogP contribution in [0.5, 0.6) is 0 Å². The molecule has 3 rings (SSSR count). The van der Waals surface area contributed by atoms with Crippen LogP contribution in [0.4, 0.5) is 4.79 Å². The van der Waals surface area contributed by atoms with Gasteiger partial charge in [0.25, 0.3) is 0 Å². The van der Waals surface area contributed by atoms with Crippen LogP contribution < -0.4 is 5.32 Å². The molecular weight excluding hydrogens is 408 g/mol. The molecule has 0 saturated heterocycles. The van der Waals surface area contributed by atoms with Crippen LogP contribution in [0.15, 0.2) is 48.5 Å². The van der Waals surface area contributed by atoms with Crippen molar-refractivity contribution >= 4 is 18.0 Å². The summed E-state index contributed by atoms with van der Waals surface area (Å²) in [5.41, 5.74) is 4.60. The zero-order valence-electron chi connectivity index (χ0n) is 18.5. The molecule has 0 spiro atoms. The molecular formula is C25H30N2O5. The molecule has 0 bridgehead atoms. The molecule has 1 aliphatic rings. The van der Waals surface area contributed by atoms with Gasteiger partial charge in [-0.2, -0.15) is 0 Å². The third kappa shape index (κ3) is 5.46. The van der Waals surface area contributed by atoms with Crippen LogP contribution in [-0.4, -0.2) is 53.7 Å². The summed E-state index contributed by atoms with van der Waals surface area (Å²) in [6, 6.07) is 15.9. The van der Waals surface area contributed by atoms with Gasteiger partial charge < -0.3 is 20.1 Å². The number of hydrogen-bond acceptors (Lipinski definition) is 4. The smallest absolute Gasteiger partial charge is 0.407 e. The Morgan fingerprint density at radius 2 is 1.62 bits per heavy atom. The normalized spacial score (nSPS) is 13.1. The van der Waals surface area contributed by atoms with Crippen LogP contribution in [0.25, 0.3) is 11.1 Å². The van der Waals surface area contributed by atoms with Crippen molar-refractivity contribution in [1.29, 1.82) is 0 Å². The predicted octanol–water partition coefficient (Wildman–Crippen LogP) is 4.02. The average Bonchev–Trinajstić information content (AvgIpc) is 3.11. The van der Waals surface area contributed by atoms with Gasteiger partial charge in [0.2, 0.25) is 5.91 Å². The lowest BCUT2D eigenvalue weighted by Gasteiger charge is -2.24. The fourth-order valence-corrected chi connectivity index (χ4v) is 4.13. The minimum Gasteiger partial charge on any atom is -0.481 e. The van der Waals surface area contributed by atoms with Crippen LogP contribution in [0.2, 0.25) is 0 Å². The van der Waals surface area contributed by atoms with Crippen molar-refractivity contribution in [2.45, 2.75) is 45.1 Å². The molecule has 0 aliphatic heterocycles. The molecule has 2 amide bonds. The SMILES string of the molecule is CCC(CC(=O)N(CC)CCC(=O)O)NC(=O)OCC1c2ccccc2-c2ccccc21. The maximum Gasteiger partial charge on any atom is 0.407 e. The second-order valence-corrected chi connectivity index (χ2v) is 7.90. The lowest BCUT2D eigenvalue weighted by molar-refractivity contribution is -0.138. The summed E-state index contributed by atoms with van der Waals surface area (Å²) < 4.78 is 5.57. The molecule has 7 heteroatoms. The fraction of sp³-hybridized carbons (Fsp3) is 0.400.